The van der Waals surface area contributed by atoms with Gasteiger partial charge in [-0.25, -0.2) is 0 Å². The summed E-state index contributed by atoms with van der Waals surface area (Å²) in [7, 11) is 0. The molecule has 0 aliphatic heterocycles. The normalized spacial score (nSPS) is 9.76. The monoisotopic (exact) mass is 341 g/mol. The number of hydrogen-bond donors (Lipinski definition) is 1. The van der Waals surface area contributed by atoms with Crippen molar-refractivity contribution < 1.29 is 19.2 Å². The number of rotatable bonds is 7. The second-order valence-corrected chi connectivity index (χ2v) is 4.85. The van der Waals surface area contributed by atoms with Crippen LogP contribution in [0.2, 0.25) is 0 Å². The first-order chi connectivity index (χ1) is 12.0. The molecule has 2 aromatic carbocycles. The molecule has 0 aliphatic rings. The highest BCUT2D eigenvalue weighted by atomic mass is 16.6. The highest BCUT2D eigenvalue weighted by molar-refractivity contribution is 5.94. The van der Waals surface area contributed by atoms with Crippen LogP contribution in [0.5, 0.6) is 11.5 Å². The molecule has 8 nitrogen and oxygen atoms in total. The van der Waals surface area contributed by atoms with Crippen LogP contribution in [0.3, 0.4) is 0 Å². The molecule has 0 fully saturated rings. The fourth-order valence-electron chi connectivity index (χ4n) is 2.02. The minimum absolute atomic E-state index is 0.0489. The quantitative estimate of drug-likeness (QED) is 0.611. The Morgan fingerprint density at radius 1 is 1.24 bits per heavy atom. The molecule has 0 heterocycles. The Labute approximate surface area is 143 Å². The molecule has 0 atom stereocenters. The van der Waals surface area contributed by atoms with E-state index in [-0.39, 0.29) is 18.0 Å². The van der Waals surface area contributed by atoms with E-state index >= 15 is 0 Å². The highest BCUT2D eigenvalue weighted by Crippen LogP contribution is 2.29. The van der Waals surface area contributed by atoms with Crippen molar-refractivity contribution in [2.75, 3.05) is 18.5 Å². The van der Waals surface area contributed by atoms with E-state index in [1.165, 1.54) is 24.3 Å². The molecule has 0 radical (unpaired) electrons. The van der Waals surface area contributed by atoms with Crippen molar-refractivity contribution in [2.24, 2.45) is 0 Å². The highest BCUT2D eigenvalue weighted by Gasteiger charge is 2.17. The van der Waals surface area contributed by atoms with E-state index in [0.29, 0.717) is 23.7 Å². The van der Waals surface area contributed by atoms with E-state index < -0.39 is 10.8 Å². The molecular formula is C17H15N3O5. The average molecular weight is 341 g/mol. The van der Waals surface area contributed by atoms with Crippen LogP contribution in [0.15, 0.2) is 42.5 Å². The number of nitriles is 1. The molecule has 0 aliphatic carbocycles. The number of anilines is 1. The third kappa shape index (κ3) is 4.94. The summed E-state index contributed by atoms with van der Waals surface area (Å²) >= 11 is 0. The van der Waals surface area contributed by atoms with Gasteiger partial charge in [0.15, 0.2) is 6.61 Å². The van der Waals surface area contributed by atoms with Crippen LogP contribution in [-0.4, -0.2) is 24.0 Å². The third-order valence-electron chi connectivity index (χ3n) is 3.08. The maximum Gasteiger partial charge on any atom is 0.296 e. The van der Waals surface area contributed by atoms with Gasteiger partial charge in [0.1, 0.15) is 17.2 Å². The number of nitrogens with one attached hydrogen (secondary N) is 1. The van der Waals surface area contributed by atoms with Gasteiger partial charge < -0.3 is 14.8 Å². The molecule has 0 unspecified atom stereocenters. The third-order valence-corrected chi connectivity index (χ3v) is 3.08. The average Bonchev–Trinajstić information content (AvgIpc) is 2.61. The van der Waals surface area contributed by atoms with Crippen molar-refractivity contribution in [3.63, 3.8) is 0 Å². The maximum absolute atomic E-state index is 12.0. The molecule has 0 bridgehead atoms. The van der Waals surface area contributed by atoms with Crippen molar-refractivity contribution >= 4 is 17.3 Å². The maximum atomic E-state index is 12.0. The standard InChI is InChI=1S/C17H15N3O5/c1-2-24-14-6-7-15(16(9-14)20(22)23)19-17(21)11-25-13-5-3-4-12(8-13)10-18/h3-9H,2,11H2,1H3,(H,19,21). The zero-order chi connectivity index (χ0) is 18.2. The smallest absolute Gasteiger partial charge is 0.296 e. The van der Waals surface area contributed by atoms with Crippen LogP contribution in [0.4, 0.5) is 11.4 Å². The Bertz CT molecular complexity index is 829. The predicted molar refractivity (Wildman–Crippen MR) is 89.5 cm³/mol. The molecule has 128 valence electrons. The van der Waals surface area contributed by atoms with Gasteiger partial charge in [0, 0.05) is 0 Å². The van der Waals surface area contributed by atoms with E-state index in [1.807, 2.05) is 6.07 Å². The van der Waals surface area contributed by atoms with Gasteiger partial charge in [-0.15, -0.1) is 0 Å². The van der Waals surface area contributed by atoms with Gasteiger partial charge in [-0.3, -0.25) is 14.9 Å². The van der Waals surface area contributed by atoms with Crippen LogP contribution in [0.1, 0.15) is 12.5 Å². The second kappa shape index (κ2) is 8.31. The zero-order valence-electron chi connectivity index (χ0n) is 13.4. The van der Waals surface area contributed by atoms with Gasteiger partial charge in [-0.05, 0) is 37.3 Å². The fourth-order valence-corrected chi connectivity index (χ4v) is 2.02. The van der Waals surface area contributed by atoms with Gasteiger partial charge in [0.25, 0.3) is 11.6 Å². The molecule has 25 heavy (non-hydrogen) atoms. The lowest BCUT2D eigenvalue weighted by Crippen LogP contribution is -2.20. The summed E-state index contributed by atoms with van der Waals surface area (Å²) in [5.41, 5.74) is 0.179. The Hall–Kier alpha value is -3.60. The molecule has 0 spiro atoms. The van der Waals surface area contributed by atoms with Gasteiger partial charge in [0.05, 0.1) is 29.2 Å². The SMILES string of the molecule is CCOc1ccc(NC(=O)COc2cccc(C#N)c2)c([N+](=O)[O-])c1. The Balaban J connectivity index is 2.04. The summed E-state index contributed by atoms with van der Waals surface area (Å²) in [5.74, 6) is 0.141. The first kappa shape index (κ1) is 17.7. The topological polar surface area (TPSA) is 114 Å². The number of carbonyl (C=O) groups excluding carboxylic acids is 1. The zero-order valence-corrected chi connectivity index (χ0v) is 13.4. The summed E-state index contributed by atoms with van der Waals surface area (Å²) < 4.78 is 10.5. The Kier molecular flexibility index (Phi) is 5.90. The van der Waals surface area contributed by atoms with Crippen molar-refractivity contribution in [1.29, 1.82) is 5.26 Å². The molecule has 0 aromatic heterocycles. The number of hydrogen-bond acceptors (Lipinski definition) is 6. The predicted octanol–water partition coefficient (Wildman–Crippen LogP) is 2.88. The lowest BCUT2D eigenvalue weighted by atomic mass is 10.2. The van der Waals surface area contributed by atoms with Crippen molar-refractivity contribution in [3.05, 3.63) is 58.1 Å². The lowest BCUT2D eigenvalue weighted by Gasteiger charge is -2.09. The van der Waals surface area contributed by atoms with E-state index in [9.17, 15) is 14.9 Å². The number of carbonyl (C=O) groups is 1. The van der Waals surface area contributed by atoms with Crippen LogP contribution in [-0.2, 0) is 4.79 Å². The van der Waals surface area contributed by atoms with Gasteiger partial charge in [0.2, 0.25) is 0 Å². The van der Waals surface area contributed by atoms with Gasteiger partial charge in [-0.1, -0.05) is 6.07 Å². The van der Waals surface area contributed by atoms with E-state index in [2.05, 4.69) is 5.32 Å². The van der Waals surface area contributed by atoms with Gasteiger partial charge in [-0.2, -0.15) is 5.26 Å². The molecule has 0 saturated heterocycles. The molecule has 1 N–H and O–H groups in total. The summed E-state index contributed by atoms with van der Waals surface area (Å²) in [6, 6.07) is 12.5. The van der Waals surface area contributed by atoms with E-state index in [0.717, 1.165) is 0 Å². The van der Waals surface area contributed by atoms with Crippen molar-refractivity contribution in [2.45, 2.75) is 6.92 Å². The lowest BCUT2D eigenvalue weighted by molar-refractivity contribution is -0.384. The second-order valence-electron chi connectivity index (χ2n) is 4.85. The first-order valence-corrected chi connectivity index (χ1v) is 7.37. The number of ether oxygens (including phenoxy) is 2. The molecule has 2 rings (SSSR count). The summed E-state index contributed by atoms with van der Waals surface area (Å²) in [6.07, 6.45) is 0. The number of nitro benzene ring substituents is 1. The van der Waals surface area contributed by atoms with Crippen LogP contribution >= 0.6 is 0 Å². The fraction of sp³-hybridized carbons (Fsp3) is 0.176. The van der Waals surface area contributed by atoms with Crippen LogP contribution in [0, 0.1) is 21.4 Å². The Morgan fingerprint density at radius 2 is 2.00 bits per heavy atom. The molecule has 1 amide bonds. The van der Waals surface area contributed by atoms with Crippen LogP contribution in [0.25, 0.3) is 0 Å². The number of amides is 1. The summed E-state index contributed by atoms with van der Waals surface area (Å²) in [4.78, 5) is 22.5. The van der Waals surface area contributed by atoms with Crippen molar-refractivity contribution in [1.82, 2.24) is 0 Å². The summed E-state index contributed by atoms with van der Waals surface area (Å²) in [6.45, 7) is 1.79. The number of nitro groups is 1. The van der Waals surface area contributed by atoms with Crippen molar-refractivity contribution in [3.8, 4) is 17.6 Å². The molecule has 8 heteroatoms. The first-order valence-electron chi connectivity index (χ1n) is 7.37. The minimum Gasteiger partial charge on any atom is -0.494 e. The number of nitrogens with zero attached hydrogens (tertiary/aromatic N) is 2. The molecule has 0 saturated carbocycles. The largest absolute Gasteiger partial charge is 0.494 e. The summed E-state index contributed by atoms with van der Waals surface area (Å²) in [5, 5.41) is 22.4. The van der Waals surface area contributed by atoms with Gasteiger partial charge >= 0.3 is 0 Å². The van der Waals surface area contributed by atoms with E-state index in [4.69, 9.17) is 14.7 Å². The molecule has 2 aromatic rings. The minimum atomic E-state index is -0.602. The molecular weight excluding hydrogens is 326 g/mol. The van der Waals surface area contributed by atoms with Crippen LogP contribution < -0.4 is 14.8 Å². The Morgan fingerprint density at radius 3 is 2.68 bits per heavy atom. The van der Waals surface area contributed by atoms with E-state index in [1.54, 1.807) is 25.1 Å². The number of benzene rings is 2.